The molecule has 4 aliphatic carbocycles. The van der Waals surface area contributed by atoms with Gasteiger partial charge in [0.25, 0.3) is 0 Å². The third kappa shape index (κ3) is 1.92. The average molecular weight is 323 g/mol. The quantitative estimate of drug-likeness (QED) is 0.915. The highest BCUT2D eigenvalue weighted by atomic mass is 16.1. The van der Waals surface area contributed by atoms with Crippen LogP contribution in [0.3, 0.4) is 0 Å². The van der Waals surface area contributed by atoms with E-state index in [0.29, 0.717) is 11.3 Å². The van der Waals surface area contributed by atoms with E-state index in [9.17, 15) is 4.79 Å². The van der Waals surface area contributed by atoms with E-state index in [0.717, 1.165) is 23.1 Å². The minimum Gasteiger partial charge on any atom is -0.384 e. The average Bonchev–Trinajstić information content (AvgIpc) is 2.53. The third-order valence-electron chi connectivity index (χ3n) is 7.22. The lowest BCUT2D eigenvalue weighted by Crippen LogP contribution is -2.51. The fourth-order valence-electron chi connectivity index (χ4n) is 6.51. The first-order valence-corrected chi connectivity index (χ1v) is 9.32. The van der Waals surface area contributed by atoms with Gasteiger partial charge in [0.1, 0.15) is 5.82 Å². The number of nitrogens with zero attached hydrogens (tertiary/aromatic N) is 2. The summed E-state index contributed by atoms with van der Waals surface area (Å²) in [6.07, 6.45) is 8.02. The monoisotopic (exact) mass is 323 g/mol. The van der Waals surface area contributed by atoms with Crippen LogP contribution in [0.25, 0.3) is 10.9 Å². The van der Waals surface area contributed by atoms with E-state index in [2.05, 4.69) is 11.9 Å². The van der Waals surface area contributed by atoms with Crippen LogP contribution in [0.2, 0.25) is 0 Å². The van der Waals surface area contributed by atoms with Crippen LogP contribution in [0.5, 0.6) is 0 Å². The number of nitrogen functional groups attached to an aromatic ring is 1. The second-order valence-corrected chi connectivity index (χ2v) is 8.62. The fourth-order valence-corrected chi connectivity index (χ4v) is 6.51. The highest BCUT2D eigenvalue weighted by Gasteiger charge is 2.53. The number of hydrogen-bond donors (Lipinski definition) is 1. The molecule has 1 aromatic carbocycles. The zero-order valence-electron chi connectivity index (χ0n) is 14.2. The standard InChI is InChI=1S/C20H25N3O/c1-12(20-9-13-6-14(10-20)8-15(7-13)11-20)23-18(21)16-4-2-3-5-17(16)22-19(23)24/h2-5,12-15H,6-11,21H2,1H3/t12-,13?,14?,15?,20?/m0/s1. The highest BCUT2D eigenvalue weighted by Crippen LogP contribution is 2.63. The van der Waals surface area contributed by atoms with Gasteiger partial charge in [0.05, 0.1) is 5.52 Å². The van der Waals surface area contributed by atoms with Crippen LogP contribution in [-0.4, -0.2) is 9.55 Å². The molecule has 126 valence electrons. The van der Waals surface area contributed by atoms with Gasteiger partial charge < -0.3 is 5.73 Å². The normalized spacial score (nSPS) is 35.5. The van der Waals surface area contributed by atoms with Crippen molar-refractivity contribution in [1.82, 2.24) is 9.55 Å². The molecule has 0 saturated heterocycles. The number of nitrogens with two attached hydrogens (primary N) is 1. The Morgan fingerprint density at radius 1 is 1.12 bits per heavy atom. The summed E-state index contributed by atoms with van der Waals surface area (Å²) in [5.74, 6) is 3.19. The second-order valence-electron chi connectivity index (χ2n) is 8.62. The van der Waals surface area contributed by atoms with E-state index in [1.165, 1.54) is 38.5 Å². The van der Waals surface area contributed by atoms with Crippen molar-refractivity contribution < 1.29 is 0 Å². The molecule has 2 N–H and O–H groups in total. The molecule has 6 rings (SSSR count). The van der Waals surface area contributed by atoms with Crippen LogP contribution in [0.1, 0.15) is 51.5 Å². The van der Waals surface area contributed by atoms with Crippen molar-refractivity contribution in [3.63, 3.8) is 0 Å². The van der Waals surface area contributed by atoms with Gasteiger partial charge in [0.15, 0.2) is 0 Å². The van der Waals surface area contributed by atoms with Crippen LogP contribution in [0, 0.1) is 23.2 Å². The van der Waals surface area contributed by atoms with Crippen LogP contribution in [-0.2, 0) is 0 Å². The van der Waals surface area contributed by atoms with Crippen molar-refractivity contribution in [2.45, 2.75) is 51.5 Å². The number of anilines is 1. The molecule has 0 radical (unpaired) electrons. The first-order valence-electron chi connectivity index (χ1n) is 9.32. The Morgan fingerprint density at radius 2 is 1.71 bits per heavy atom. The van der Waals surface area contributed by atoms with Crippen molar-refractivity contribution in [3.8, 4) is 0 Å². The lowest BCUT2D eigenvalue weighted by atomic mass is 9.48. The number of rotatable bonds is 2. The number of aromatic nitrogens is 2. The number of para-hydroxylation sites is 1. The van der Waals surface area contributed by atoms with Gasteiger partial charge in [-0.2, -0.15) is 4.98 Å². The molecule has 0 amide bonds. The topological polar surface area (TPSA) is 60.9 Å². The molecule has 24 heavy (non-hydrogen) atoms. The largest absolute Gasteiger partial charge is 0.384 e. The summed E-state index contributed by atoms with van der Waals surface area (Å²) < 4.78 is 1.80. The lowest BCUT2D eigenvalue weighted by Gasteiger charge is -2.59. The van der Waals surface area contributed by atoms with Gasteiger partial charge in [0.2, 0.25) is 0 Å². The fraction of sp³-hybridized carbons (Fsp3) is 0.600. The molecule has 4 aliphatic rings. The van der Waals surface area contributed by atoms with Crippen molar-refractivity contribution >= 4 is 16.7 Å². The summed E-state index contributed by atoms with van der Waals surface area (Å²) in [7, 11) is 0. The van der Waals surface area contributed by atoms with E-state index in [1.807, 2.05) is 24.3 Å². The highest BCUT2D eigenvalue weighted by molar-refractivity contribution is 5.87. The first kappa shape index (κ1) is 14.5. The molecule has 0 spiro atoms. The lowest BCUT2D eigenvalue weighted by molar-refractivity contribution is -0.0791. The second kappa shape index (κ2) is 4.84. The molecule has 0 aliphatic heterocycles. The van der Waals surface area contributed by atoms with Crippen LogP contribution in [0.4, 0.5) is 5.82 Å². The molecule has 1 atom stereocenters. The van der Waals surface area contributed by atoms with Crippen molar-refractivity contribution in [1.29, 1.82) is 0 Å². The molecule has 4 bridgehead atoms. The van der Waals surface area contributed by atoms with Gasteiger partial charge in [-0.3, -0.25) is 4.57 Å². The van der Waals surface area contributed by atoms with Gasteiger partial charge in [0, 0.05) is 11.4 Å². The van der Waals surface area contributed by atoms with E-state index >= 15 is 0 Å². The Labute approximate surface area is 142 Å². The SMILES string of the molecule is C[C@H](n1c(N)c2ccccc2nc1=O)C12CC3CC(CC(C3)C1)C2. The van der Waals surface area contributed by atoms with Crippen LogP contribution < -0.4 is 11.4 Å². The first-order chi connectivity index (χ1) is 11.6. The van der Waals surface area contributed by atoms with E-state index < -0.39 is 0 Å². The van der Waals surface area contributed by atoms with Crippen molar-refractivity contribution in [2.24, 2.45) is 23.2 Å². The Balaban J connectivity index is 1.64. The Bertz CT molecular complexity index is 834. The Hall–Kier alpha value is -1.84. The van der Waals surface area contributed by atoms with Gasteiger partial charge in [-0.1, -0.05) is 12.1 Å². The van der Waals surface area contributed by atoms with Crippen LogP contribution in [0.15, 0.2) is 29.1 Å². The zero-order valence-corrected chi connectivity index (χ0v) is 14.2. The summed E-state index contributed by atoms with van der Waals surface area (Å²) in [5, 5.41) is 0.897. The van der Waals surface area contributed by atoms with Gasteiger partial charge >= 0.3 is 5.69 Å². The molecule has 0 unspecified atom stereocenters. The molecule has 2 aromatic rings. The smallest absolute Gasteiger partial charge is 0.349 e. The molecule has 1 heterocycles. The maximum atomic E-state index is 12.8. The van der Waals surface area contributed by atoms with E-state index in [1.54, 1.807) is 4.57 Å². The predicted octanol–water partition coefficient (Wildman–Crippen LogP) is 3.76. The molecular weight excluding hydrogens is 298 g/mol. The minimum absolute atomic E-state index is 0.135. The van der Waals surface area contributed by atoms with E-state index in [-0.39, 0.29) is 17.1 Å². The predicted molar refractivity (Wildman–Crippen MR) is 95.7 cm³/mol. The maximum Gasteiger partial charge on any atom is 0.349 e. The minimum atomic E-state index is -0.186. The molecule has 4 saturated carbocycles. The molecule has 4 heteroatoms. The number of hydrogen-bond acceptors (Lipinski definition) is 3. The van der Waals surface area contributed by atoms with Gasteiger partial charge in [-0.05, 0) is 80.8 Å². The molecule has 1 aromatic heterocycles. The molecule has 4 nitrogen and oxygen atoms in total. The molecule has 4 fully saturated rings. The molecular formula is C20H25N3O. The van der Waals surface area contributed by atoms with Gasteiger partial charge in [-0.25, -0.2) is 4.79 Å². The summed E-state index contributed by atoms with van der Waals surface area (Å²) in [6.45, 7) is 2.21. The van der Waals surface area contributed by atoms with Gasteiger partial charge in [-0.15, -0.1) is 0 Å². The maximum absolute atomic E-state index is 12.8. The van der Waals surface area contributed by atoms with Crippen molar-refractivity contribution in [2.75, 3.05) is 5.73 Å². The summed E-state index contributed by atoms with van der Waals surface area (Å²) in [6, 6.07) is 7.84. The third-order valence-corrected chi connectivity index (χ3v) is 7.22. The summed E-state index contributed by atoms with van der Waals surface area (Å²) in [5.41, 5.74) is 7.23. The summed E-state index contributed by atoms with van der Waals surface area (Å²) >= 11 is 0. The van der Waals surface area contributed by atoms with Crippen molar-refractivity contribution in [3.05, 3.63) is 34.7 Å². The zero-order chi connectivity index (χ0) is 16.5. The summed E-state index contributed by atoms with van der Waals surface area (Å²) in [4.78, 5) is 17.1. The number of benzene rings is 1. The van der Waals surface area contributed by atoms with Crippen LogP contribution >= 0.6 is 0 Å². The van der Waals surface area contributed by atoms with E-state index in [4.69, 9.17) is 5.73 Å². The Kier molecular flexibility index (Phi) is 2.92. The Morgan fingerprint density at radius 3 is 2.33 bits per heavy atom. The number of fused-ring (bicyclic) bond motifs is 1.